The topological polar surface area (TPSA) is 24.9 Å². The average Bonchev–Trinajstić information content (AvgIpc) is 2.30. The van der Waals surface area contributed by atoms with Crippen LogP contribution in [0.3, 0.4) is 0 Å². The number of aryl methyl sites for hydroxylation is 2. The molecule has 1 aromatic heterocycles. The van der Waals surface area contributed by atoms with Gasteiger partial charge in [0.25, 0.3) is 0 Å². The van der Waals surface area contributed by atoms with E-state index in [9.17, 15) is 4.39 Å². The standard InChI is InChI=1S/C14H14ClFN2/c1-9-3-6-14(10(2)18-9)17-8-11-4-5-12(15)7-13(11)16/h3-7,17H,8H2,1-2H3. The third-order valence-electron chi connectivity index (χ3n) is 2.71. The number of halogens is 2. The van der Waals surface area contributed by atoms with E-state index in [1.807, 2.05) is 26.0 Å². The quantitative estimate of drug-likeness (QED) is 0.903. The summed E-state index contributed by atoms with van der Waals surface area (Å²) in [5.41, 5.74) is 3.37. The maximum atomic E-state index is 13.6. The van der Waals surface area contributed by atoms with Crippen molar-refractivity contribution in [1.29, 1.82) is 0 Å². The van der Waals surface area contributed by atoms with Crippen LogP contribution in [-0.2, 0) is 6.54 Å². The summed E-state index contributed by atoms with van der Waals surface area (Å²) in [6.07, 6.45) is 0. The summed E-state index contributed by atoms with van der Waals surface area (Å²) in [5, 5.41) is 3.58. The van der Waals surface area contributed by atoms with Crippen LogP contribution in [0, 0.1) is 19.7 Å². The number of nitrogens with one attached hydrogen (secondary N) is 1. The highest BCUT2D eigenvalue weighted by molar-refractivity contribution is 6.30. The van der Waals surface area contributed by atoms with Crippen LogP contribution >= 0.6 is 11.6 Å². The molecule has 0 saturated heterocycles. The molecule has 4 heteroatoms. The van der Waals surface area contributed by atoms with E-state index < -0.39 is 0 Å². The minimum Gasteiger partial charge on any atom is -0.379 e. The molecule has 2 nitrogen and oxygen atoms in total. The molecule has 0 unspecified atom stereocenters. The Morgan fingerprint density at radius 1 is 1.22 bits per heavy atom. The summed E-state index contributed by atoms with van der Waals surface area (Å²) in [7, 11) is 0. The van der Waals surface area contributed by atoms with E-state index in [1.54, 1.807) is 12.1 Å². The molecule has 2 rings (SSSR count). The second-order valence-electron chi connectivity index (χ2n) is 4.17. The summed E-state index contributed by atoms with van der Waals surface area (Å²) in [5.74, 6) is -0.298. The lowest BCUT2D eigenvalue weighted by Crippen LogP contribution is -2.04. The van der Waals surface area contributed by atoms with Gasteiger partial charge in [0, 0.05) is 22.8 Å². The maximum Gasteiger partial charge on any atom is 0.129 e. The molecule has 2 aromatic rings. The third kappa shape index (κ3) is 2.99. The number of aromatic nitrogens is 1. The molecule has 0 spiro atoms. The summed E-state index contributed by atoms with van der Waals surface area (Å²) in [6, 6.07) is 8.56. The number of hydrogen-bond acceptors (Lipinski definition) is 2. The molecule has 0 aliphatic carbocycles. The zero-order valence-electron chi connectivity index (χ0n) is 10.3. The molecule has 0 saturated carbocycles. The van der Waals surface area contributed by atoms with Crippen LogP contribution in [0.15, 0.2) is 30.3 Å². The van der Waals surface area contributed by atoms with Gasteiger partial charge in [0.15, 0.2) is 0 Å². The normalized spacial score (nSPS) is 10.4. The highest BCUT2D eigenvalue weighted by Gasteiger charge is 2.04. The van der Waals surface area contributed by atoms with Gasteiger partial charge in [0.1, 0.15) is 5.82 Å². The van der Waals surface area contributed by atoms with Crippen molar-refractivity contribution >= 4 is 17.3 Å². The molecule has 0 aliphatic rings. The Kier molecular flexibility index (Phi) is 3.82. The van der Waals surface area contributed by atoms with Crippen molar-refractivity contribution in [1.82, 2.24) is 4.98 Å². The van der Waals surface area contributed by atoms with Crippen LogP contribution in [0.4, 0.5) is 10.1 Å². The van der Waals surface area contributed by atoms with E-state index in [0.29, 0.717) is 17.1 Å². The SMILES string of the molecule is Cc1ccc(NCc2ccc(Cl)cc2F)c(C)n1. The summed E-state index contributed by atoms with van der Waals surface area (Å²) in [4.78, 5) is 4.35. The van der Waals surface area contributed by atoms with Crippen molar-refractivity contribution in [3.05, 3.63) is 58.1 Å². The Morgan fingerprint density at radius 2 is 2.00 bits per heavy atom. The smallest absolute Gasteiger partial charge is 0.129 e. The predicted octanol–water partition coefficient (Wildman–Crippen LogP) is 4.10. The minimum absolute atomic E-state index is 0.298. The molecule has 1 N–H and O–H groups in total. The molecule has 0 aliphatic heterocycles. The number of hydrogen-bond donors (Lipinski definition) is 1. The Balaban J connectivity index is 2.11. The maximum absolute atomic E-state index is 13.6. The number of pyridine rings is 1. The molecule has 0 radical (unpaired) electrons. The molecular formula is C14H14ClFN2. The van der Waals surface area contributed by atoms with Crippen molar-refractivity contribution in [3.8, 4) is 0 Å². The average molecular weight is 265 g/mol. The monoisotopic (exact) mass is 264 g/mol. The number of benzene rings is 1. The van der Waals surface area contributed by atoms with Gasteiger partial charge in [-0.25, -0.2) is 4.39 Å². The van der Waals surface area contributed by atoms with Gasteiger partial charge in [-0.2, -0.15) is 0 Å². The second kappa shape index (κ2) is 5.36. The van der Waals surface area contributed by atoms with Gasteiger partial charge in [0.2, 0.25) is 0 Å². The largest absolute Gasteiger partial charge is 0.379 e. The molecular weight excluding hydrogens is 251 g/mol. The summed E-state index contributed by atoms with van der Waals surface area (Å²) >= 11 is 5.71. The van der Waals surface area contributed by atoms with E-state index in [-0.39, 0.29) is 5.82 Å². The fourth-order valence-corrected chi connectivity index (χ4v) is 1.89. The molecule has 18 heavy (non-hydrogen) atoms. The van der Waals surface area contributed by atoms with Crippen LogP contribution in [0.5, 0.6) is 0 Å². The van der Waals surface area contributed by atoms with Crippen LogP contribution in [0.25, 0.3) is 0 Å². The van der Waals surface area contributed by atoms with E-state index >= 15 is 0 Å². The van der Waals surface area contributed by atoms with Gasteiger partial charge in [0.05, 0.1) is 11.4 Å². The van der Waals surface area contributed by atoms with E-state index in [2.05, 4.69) is 10.3 Å². The lowest BCUT2D eigenvalue weighted by Gasteiger charge is -2.10. The molecule has 0 fully saturated rings. The molecule has 0 bridgehead atoms. The molecule has 94 valence electrons. The van der Waals surface area contributed by atoms with Gasteiger partial charge in [-0.05, 0) is 38.1 Å². The van der Waals surface area contributed by atoms with Crippen molar-refractivity contribution in [2.24, 2.45) is 0 Å². The van der Waals surface area contributed by atoms with Gasteiger partial charge in [-0.15, -0.1) is 0 Å². The first kappa shape index (κ1) is 12.8. The van der Waals surface area contributed by atoms with Crippen molar-refractivity contribution in [2.75, 3.05) is 5.32 Å². The fourth-order valence-electron chi connectivity index (χ4n) is 1.73. The van der Waals surface area contributed by atoms with Gasteiger partial charge in [-0.1, -0.05) is 17.7 Å². The van der Waals surface area contributed by atoms with Crippen LogP contribution < -0.4 is 5.32 Å². The first-order valence-electron chi connectivity index (χ1n) is 5.68. The Labute approximate surface area is 111 Å². The van der Waals surface area contributed by atoms with E-state index in [1.165, 1.54) is 6.07 Å². The summed E-state index contributed by atoms with van der Waals surface area (Å²) in [6.45, 7) is 4.28. The lowest BCUT2D eigenvalue weighted by molar-refractivity contribution is 0.613. The van der Waals surface area contributed by atoms with Crippen molar-refractivity contribution in [2.45, 2.75) is 20.4 Å². The predicted molar refractivity (Wildman–Crippen MR) is 72.4 cm³/mol. The first-order valence-corrected chi connectivity index (χ1v) is 6.06. The Hall–Kier alpha value is -1.61. The highest BCUT2D eigenvalue weighted by atomic mass is 35.5. The van der Waals surface area contributed by atoms with Crippen molar-refractivity contribution < 1.29 is 4.39 Å². The second-order valence-corrected chi connectivity index (χ2v) is 4.61. The highest BCUT2D eigenvalue weighted by Crippen LogP contribution is 2.18. The number of nitrogens with zero attached hydrogens (tertiary/aromatic N) is 1. The van der Waals surface area contributed by atoms with Gasteiger partial charge >= 0.3 is 0 Å². The van der Waals surface area contributed by atoms with Crippen LogP contribution in [0.2, 0.25) is 5.02 Å². The van der Waals surface area contributed by atoms with Gasteiger partial charge < -0.3 is 5.32 Å². The Bertz CT molecular complexity index is 518. The molecule has 0 atom stereocenters. The first-order chi connectivity index (χ1) is 8.56. The van der Waals surface area contributed by atoms with Crippen molar-refractivity contribution in [3.63, 3.8) is 0 Å². The zero-order chi connectivity index (χ0) is 13.1. The van der Waals surface area contributed by atoms with Crippen LogP contribution in [0.1, 0.15) is 17.0 Å². The zero-order valence-corrected chi connectivity index (χ0v) is 11.1. The molecule has 0 amide bonds. The third-order valence-corrected chi connectivity index (χ3v) is 2.94. The lowest BCUT2D eigenvalue weighted by atomic mass is 10.2. The molecule has 1 heterocycles. The van der Waals surface area contributed by atoms with Crippen LogP contribution in [-0.4, -0.2) is 4.98 Å². The Morgan fingerprint density at radius 3 is 2.67 bits per heavy atom. The number of rotatable bonds is 3. The van der Waals surface area contributed by atoms with Gasteiger partial charge in [-0.3, -0.25) is 4.98 Å². The molecule has 1 aromatic carbocycles. The van der Waals surface area contributed by atoms with E-state index in [0.717, 1.165) is 17.1 Å². The summed E-state index contributed by atoms with van der Waals surface area (Å²) < 4.78 is 13.6. The minimum atomic E-state index is -0.298. The number of anilines is 1. The fraction of sp³-hybridized carbons (Fsp3) is 0.214. The van der Waals surface area contributed by atoms with E-state index in [4.69, 9.17) is 11.6 Å².